The number of benzene rings is 2. The Balaban J connectivity index is 1.44. The van der Waals surface area contributed by atoms with Crippen LogP contribution in [0.1, 0.15) is 30.1 Å². The van der Waals surface area contributed by atoms with Crippen molar-refractivity contribution in [2.75, 3.05) is 19.6 Å². The van der Waals surface area contributed by atoms with Gasteiger partial charge in [0, 0.05) is 24.7 Å². The first-order valence-corrected chi connectivity index (χ1v) is 8.74. The minimum Gasteiger partial charge on any atom is -0.387 e. The Morgan fingerprint density at radius 1 is 1.08 bits per heavy atom. The van der Waals surface area contributed by atoms with Crippen LogP contribution in [0.25, 0.3) is 0 Å². The lowest BCUT2D eigenvalue weighted by Gasteiger charge is -2.33. The van der Waals surface area contributed by atoms with Crippen molar-refractivity contribution >= 4 is 0 Å². The summed E-state index contributed by atoms with van der Waals surface area (Å²) in [5.74, 6) is -1.11. The number of nitrogens with zero attached hydrogens (tertiary/aromatic N) is 1. The van der Waals surface area contributed by atoms with E-state index in [-0.39, 0.29) is 12.1 Å². The second-order valence-corrected chi connectivity index (χ2v) is 6.63. The summed E-state index contributed by atoms with van der Waals surface area (Å²) in [5, 5.41) is 13.4. The maximum Gasteiger partial charge on any atom is 0.129 e. The highest BCUT2D eigenvalue weighted by molar-refractivity contribution is 5.21. The minimum absolute atomic E-state index is 0.00835. The van der Waals surface area contributed by atoms with Gasteiger partial charge in [0.05, 0.1) is 6.10 Å². The van der Waals surface area contributed by atoms with Crippen molar-refractivity contribution in [3.05, 3.63) is 71.3 Å². The average molecular weight is 346 g/mol. The Hall–Kier alpha value is -1.82. The van der Waals surface area contributed by atoms with E-state index in [4.69, 9.17) is 0 Å². The van der Waals surface area contributed by atoms with Crippen LogP contribution in [0.5, 0.6) is 0 Å². The first kappa shape index (κ1) is 18.0. The van der Waals surface area contributed by atoms with Gasteiger partial charge in [0.1, 0.15) is 11.6 Å². The van der Waals surface area contributed by atoms with Crippen LogP contribution < -0.4 is 5.32 Å². The standard InChI is InChI=1S/C20H24F2N2O/c21-16-6-7-19(22)18(12-16)20(25)13-23-17-8-10-24(11-9-17)14-15-4-2-1-3-5-15/h1-7,12,17,20,23,25H,8-11,13-14H2. The highest BCUT2D eigenvalue weighted by Gasteiger charge is 2.21. The topological polar surface area (TPSA) is 35.5 Å². The molecule has 1 unspecified atom stereocenters. The van der Waals surface area contributed by atoms with Crippen molar-refractivity contribution in [1.29, 1.82) is 0 Å². The third kappa shape index (κ3) is 5.08. The van der Waals surface area contributed by atoms with Gasteiger partial charge in [-0.15, -0.1) is 0 Å². The molecule has 3 rings (SSSR count). The molecule has 2 N–H and O–H groups in total. The Labute approximate surface area is 147 Å². The summed E-state index contributed by atoms with van der Waals surface area (Å²) < 4.78 is 26.9. The van der Waals surface area contributed by atoms with Gasteiger partial charge in [0.15, 0.2) is 0 Å². The Kier molecular flexibility index (Phi) is 6.13. The molecule has 1 atom stereocenters. The second-order valence-electron chi connectivity index (χ2n) is 6.63. The van der Waals surface area contributed by atoms with Gasteiger partial charge >= 0.3 is 0 Å². The maximum atomic E-state index is 13.7. The Morgan fingerprint density at radius 3 is 2.52 bits per heavy atom. The zero-order valence-corrected chi connectivity index (χ0v) is 14.2. The Bertz CT molecular complexity index is 673. The minimum atomic E-state index is -1.04. The quantitative estimate of drug-likeness (QED) is 0.843. The highest BCUT2D eigenvalue weighted by atomic mass is 19.1. The summed E-state index contributed by atoms with van der Waals surface area (Å²) in [6.07, 6.45) is 0.911. The summed E-state index contributed by atoms with van der Waals surface area (Å²) in [7, 11) is 0. The van der Waals surface area contributed by atoms with Crippen molar-refractivity contribution in [2.45, 2.75) is 31.5 Å². The summed E-state index contributed by atoms with van der Waals surface area (Å²) >= 11 is 0. The molecule has 134 valence electrons. The SMILES string of the molecule is OC(CNC1CCN(Cc2ccccc2)CC1)c1cc(F)ccc1F. The lowest BCUT2D eigenvalue weighted by molar-refractivity contribution is 0.146. The number of hydrogen-bond donors (Lipinski definition) is 2. The van der Waals surface area contributed by atoms with Crippen LogP contribution in [0.3, 0.4) is 0 Å². The van der Waals surface area contributed by atoms with Gasteiger partial charge in [-0.2, -0.15) is 0 Å². The number of nitrogens with one attached hydrogen (secondary N) is 1. The van der Waals surface area contributed by atoms with Crippen LogP contribution in [-0.4, -0.2) is 35.7 Å². The number of halogens is 2. The van der Waals surface area contributed by atoms with Gasteiger partial charge in [0.2, 0.25) is 0 Å². The van der Waals surface area contributed by atoms with Crippen LogP contribution in [-0.2, 0) is 6.54 Å². The zero-order chi connectivity index (χ0) is 17.6. The van der Waals surface area contributed by atoms with Crippen molar-refractivity contribution in [3.63, 3.8) is 0 Å². The molecule has 0 saturated carbocycles. The zero-order valence-electron chi connectivity index (χ0n) is 14.2. The van der Waals surface area contributed by atoms with Crippen LogP contribution in [0.4, 0.5) is 8.78 Å². The molecule has 1 heterocycles. The van der Waals surface area contributed by atoms with Gasteiger partial charge in [-0.1, -0.05) is 30.3 Å². The van der Waals surface area contributed by atoms with Crippen LogP contribution in [0.2, 0.25) is 0 Å². The van der Waals surface area contributed by atoms with E-state index in [2.05, 4.69) is 34.5 Å². The monoisotopic (exact) mass is 346 g/mol. The van der Waals surface area contributed by atoms with Gasteiger partial charge in [-0.3, -0.25) is 4.90 Å². The van der Waals surface area contributed by atoms with Gasteiger partial charge in [0.25, 0.3) is 0 Å². The average Bonchev–Trinajstić information content (AvgIpc) is 2.64. The summed E-state index contributed by atoms with van der Waals surface area (Å²) in [6, 6.07) is 13.8. The smallest absolute Gasteiger partial charge is 0.129 e. The second kappa shape index (κ2) is 8.52. The number of likely N-dealkylation sites (tertiary alicyclic amines) is 1. The van der Waals surface area contributed by atoms with E-state index in [1.54, 1.807) is 0 Å². The molecule has 0 aliphatic carbocycles. The number of hydrogen-bond acceptors (Lipinski definition) is 3. The van der Waals surface area contributed by atoms with E-state index in [1.165, 1.54) is 5.56 Å². The van der Waals surface area contributed by atoms with Crippen molar-refractivity contribution in [1.82, 2.24) is 10.2 Å². The van der Waals surface area contributed by atoms with E-state index < -0.39 is 17.7 Å². The highest BCUT2D eigenvalue weighted by Crippen LogP contribution is 2.19. The fourth-order valence-corrected chi connectivity index (χ4v) is 3.30. The molecule has 0 radical (unpaired) electrons. The Morgan fingerprint density at radius 2 is 1.80 bits per heavy atom. The predicted molar refractivity (Wildman–Crippen MR) is 94.1 cm³/mol. The number of piperidine rings is 1. The molecular weight excluding hydrogens is 322 g/mol. The lowest BCUT2D eigenvalue weighted by atomic mass is 10.0. The van der Waals surface area contributed by atoms with E-state index in [1.807, 2.05) is 6.07 Å². The number of rotatable bonds is 6. The molecule has 0 aromatic heterocycles. The van der Waals surface area contributed by atoms with Crippen molar-refractivity contribution in [2.24, 2.45) is 0 Å². The van der Waals surface area contributed by atoms with Crippen LogP contribution in [0, 0.1) is 11.6 Å². The van der Waals surface area contributed by atoms with Crippen LogP contribution >= 0.6 is 0 Å². The molecular formula is C20H24F2N2O. The molecule has 0 bridgehead atoms. The molecule has 5 heteroatoms. The summed E-state index contributed by atoms with van der Waals surface area (Å²) in [5.41, 5.74) is 1.32. The number of aliphatic hydroxyl groups is 1. The molecule has 1 saturated heterocycles. The van der Waals surface area contributed by atoms with Gasteiger partial charge in [-0.05, 0) is 49.7 Å². The fraction of sp³-hybridized carbons (Fsp3) is 0.400. The molecule has 1 aliphatic heterocycles. The third-order valence-electron chi connectivity index (χ3n) is 4.75. The van der Waals surface area contributed by atoms with E-state index in [0.717, 1.165) is 50.7 Å². The van der Waals surface area contributed by atoms with E-state index >= 15 is 0 Å². The van der Waals surface area contributed by atoms with E-state index in [0.29, 0.717) is 6.04 Å². The molecule has 25 heavy (non-hydrogen) atoms. The largest absolute Gasteiger partial charge is 0.387 e. The molecule has 2 aromatic carbocycles. The summed E-state index contributed by atoms with van der Waals surface area (Å²) in [4.78, 5) is 2.41. The predicted octanol–water partition coefficient (Wildman–Crippen LogP) is 3.25. The molecule has 3 nitrogen and oxygen atoms in total. The van der Waals surface area contributed by atoms with Gasteiger partial charge in [-0.25, -0.2) is 8.78 Å². The first-order valence-electron chi connectivity index (χ1n) is 8.74. The fourth-order valence-electron chi connectivity index (χ4n) is 3.30. The van der Waals surface area contributed by atoms with Crippen molar-refractivity contribution < 1.29 is 13.9 Å². The normalized spacial score (nSPS) is 17.6. The molecule has 2 aromatic rings. The maximum absolute atomic E-state index is 13.7. The van der Waals surface area contributed by atoms with E-state index in [9.17, 15) is 13.9 Å². The molecule has 0 amide bonds. The molecule has 0 spiro atoms. The lowest BCUT2D eigenvalue weighted by Crippen LogP contribution is -2.43. The van der Waals surface area contributed by atoms with Crippen molar-refractivity contribution in [3.8, 4) is 0 Å². The molecule has 1 fully saturated rings. The van der Waals surface area contributed by atoms with Crippen LogP contribution in [0.15, 0.2) is 48.5 Å². The molecule has 1 aliphatic rings. The number of aliphatic hydroxyl groups excluding tert-OH is 1. The third-order valence-corrected chi connectivity index (χ3v) is 4.75. The summed E-state index contributed by atoms with van der Waals surface area (Å²) in [6.45, 7) is 3.14. The first-order chi connectivity index (χ1) is 12.1. The van der Waals surface area contributed by atoms with Gasteiger partial charge < -0.3 is 10.4 Å².